The first-order valence-electron chi connectivity index (χ1n) is 6.01. The number of amides is 1. The minimum atomic E-state index is -1.08. The zero-order valence-electron chi connectivity index (χ0n) is 10.6. The third kappa shape index (κ3) is 3.61. The maximum absolute atomic E-state index is 11.9. The van der Waals surface area contributed by atoms with Crippen molar-refractivity contribution in [1.82, 2.24) is 15.5 Å². The summed E-state index contributed by atoms with van der Waals surface area (Å²) in [5.74, 6) is -1.56. The van der Waals surface area contributed by atoms with Crippen LogP contribution in [0.3, 0.4) is 0 Å². The minimum absolute atomic E-state index is 0.223. The third-order valence-corrected chi connectivity index (χ3v) is 2.73. The third-order valence-electron chi connectivity index (χ3n) is 2.73. The molecule has 0 saturated carbocycles. The number of carbonyl (C=O) groups excluding carboxylic acids is 1. The first-order valence-corrected chi connectivity index (χ1v) is 6.01. The van der Waals surface area contributed by atoms with Crippen LogP contribution in [0.1, 0.15) is 15.9 Å². The minimum Gasteiger partial charge on any atom is -0.480 e. The molecule has 102 valence electrons. The molecule has 0 spiro atoms. The number of rotatable bonds is 5. The molecule has 0 aliphatic carbocycles. The van der Waals surface area contributed by atoms with Gasteiger partial charge in [-0.25, -0.2) is 4.79 Å². The summed E-state index contributed by atoms with van der Waals surface area (Å²) < 4.78 is 0. The van der Waals surface area contributed by atoms with Gasteiger partial charge in [0.2, 0.25) is 0 Å². The predicted octanol–water partition coefficient (Wildman–Crippen LogP) is 0.902. The van der Waals surface area contributed by atoms with Crippen molar-refractivity contribution in [3.63, 3.8) is 0 Å². The Balaban J connectivity index is 2.07. The lowest BCUT2D eigenvalue weighted by Crippen LogP contribution is -2.42. The molecule has 0 aliphatic heterocycles. The molecule has 1 aromatic carbocycles. The molecule has 0 unspecified atom stereocenters. The summed E-state index contributed by atoms with van der Waals surface area (Å²) in [5.41, 5.74) is 1.12. The monoisotopic (exact) mass is 271 g/mol. The van der Waals surface area contributed by atoms with Gasteiger partial charge in [-0.3, -0.25) is 4.79 Å². The molecule has 0 saturated heterocycles. The Morgan fingerprint density at radius 2 is 1.90 bits per heavy atom. The summed E-state index contributed by atoms with van der Waals surface area (Å²) in [6.07, 6.45) is 2.89. The zero-order chi connectivity index (χ0) is 14.4. The van der Waals surface area contributed by atoms with Crippen LogP contribution >= 0.6 is 0 Å². The maximum Gasteiger partial charge on any atom is 0.326 e. The van der Waals surface area contributed by atoms with Gasteiger partial charge in [-0.05, 0) is 11.6 Å². The van der Waals surface area contributed by atoms with E-state index in [-0.39, 0.29) is 12.0 Å². The topological polar surface area (TPSA) is 92.2 Å². The van der Waals surface area contributed by atoms with E-state index in [1.54, 1.807) is 0 Å². The highest BCUT2D eigenvalue weighted by Gasteiger charge is 2.21. The second-order valence-corrected chi connectivity index (χ2v) is 4.19. The largest absolute Gasteiger partial charge is 0.480 e. The highest BCUT2D eigenvalue weighted by atomic mass is 16.4. The van der Waals surface area contributed by atoms with Gasteiger partial charge in [0.05, 0.1) is 18.0 Å². The standard InChI is InChI=1S/C14H13N3O3/c18-13(11-6-7-15-16-9-11)17-12(14(19)20)8-10-4-2-1-3-5-10/h1-7,9,12H,8H2,(H,17,18)(H,19,20)/t12-/m0/s1. The highest BCUT2D eigenvalue weighted by molar-refractivity contribution is 5.96. The van der Waals surface area contributed by atoms with Crippen molar-refractivity contribution >= 4 is 11.9 Å². The molecule has 6 nitrogen and oxygen atoms in total. The van der Waals surface area contributed by atoms with Crippen molar-refractivity contribution in [1.29, 1.82) is 0 Å². The molecule has 2 rings (SSSR count). The Bertz CT molecular complexity index is 587. The van der Waals surface area contributed by atoms with E-state index < -0.39 is 17.9 Å². The number of carboxylic acid groups (broad SMARTS) is 1. The Kier molecular flexibility index (Phi) is 4.39. The molecule has 1 amide bonds. The number of carbonyl (C=O) groups is 2. The molecule has 2 N–H and O–H groups in total. The average molecular weight is 271 g/mol. The molecule has 20 heavy (non-hydrogen) atoms. The maximum atomic E-state index is 11.9. The van der Waals surface area contributed by atoms with Gasteiger partial charge in [-0.2, -0.15) is 10.2 Å². The summed E-state index contributed by atoms with van der Waals surface area (Å²) >= 11 is 0. The molecule has 1 aromatic heterocycles. The van der Waals surface area contributed by atoms with E-state index in [0.29, 0.717) is 0 Å². The Morgan fingerprint density at radius 3 is 2.50 bits per heavy atom. The van der Waals surface area contributed by atoms with Crippen molar-refractivity contribution in [2.45, 2.75) is 12.5 Å². The quantitative estimate of drug-likeness (QED) is 0.843. The van der Waals surface area contributed by atoms with E-state index >= 15 is 0 Å². The average Bonchev–Trinajstić information content (AvgIpc) is 2.48. The number of nitrogens with zero attached hydrogens (tertiary/aromatic N) is 2. The fourth-order valence-electron chi connectivity index (χ4n) is 1.72. The smallest absolute Gasteiger partial charge is 0.326 e. The molecule has 0 fully saturated rings. The highest BCUT2D eigenvalue weighted by Crippen LogP contribution is 2.04. The van der Waals surface area contributed by atoms with Gasteiger partial charge in [0.25, 0.3) is 5.91 Å². The van der Waals surface area contributed by atoms with Gasteiger partial charge in [0.15, 0.2) is 0 Å². The van der Waals surface area contributed by atoms with Crippen LogP contribution in [0.15, 0.2) is 48.8 Å². The Hall–Kier alpha value is -2.76. The normalized spacial score (nSPS) is 11.6. The van der Waals surface area contributed by atoms with Gasteiger partial charge >= 0.3 is 5.97 Å². The van der Waals surface area contributed by atoms with E-state index in [2.05, 4.69) is 15.5 Å². The number of carboxylic acids is 1. The van der Waals surface area contributed by atoms with E-state index in [1.807, 2.05) is 30.3 Å². The van der Waals surface area contributed by atoms with E-state index in [1.165, 1.54) is 18.5 Å². The van der Waals surface area contributed by atoms with Crippen molar-refractivity contribution in [2.75, 3.05) is 0 Å². The van der Waals surface area contributed by atoms with Crippen LogP contribution in [0.25, 0.3) is 0 Å². The number of nitrogens with one attached hydrogen (secondary N) is 1. The molecule has 0 radical (unpaired) electrons. The summed E-state index contributed by atoms with van der Waals surface area (Å²) in [7, 11) is 0. The van der Waals surface area contributed by atoms with Crippen LogP contribution in [0.5, 0.6) is 0 Å². The van der Waals surface area contributed by atoms with Crippen LogP contribution in [-0.4, -0.2) is 33.2 Å². The lowest BCUT2D eigenvalue weighted by molar-refractivity contribution is -0.139. The van der Waals surface area contributed by atoms with Crippen LogP contribution in [-0.2, 0) is 11.2 Å². The fraction of sp³-hybridized carbons (Fsp3) is 0.143. The summed E-state index contributed by atoms with van der Waals surface area (Å²) in [6.45, 7) is 0. The first-order chi connectivity index (χ1) is 9.66. The molecule has 0 aliphatic rings. The number of aromatic nitrogens is 2. The molecule has 0 bridgehead atoms. The Morgan fingerprint density at radius 1 is 1.15 bits per heavy atom. The van der Waals surface area contributed by atoms with Crippen LogP contribution in [0.4, 0.5) is 0 Å². The van der Waals surface area contributed by atoms with Crippen molar-refractivity contribution in [2.24, 2.45) is 0 Å². The molecule has 6 heteroatoms. The van der Waals surface area contributed by atoms with E-state index in [0.717, 1.165) is 5.56 Å². The van der Waals surface area contributed by atoms with Gasteiger partial charge in [-0.15, -0.1) is 0 Å². The fourth-order valence-corrected chi connectivity index (χ4v) is 1.72. The Labute approximate surface area is 115 Å². The molecule has 2 aromatic rings. The predicted molar refractivity (Wildman–Crippen MR) is 71.1 cm³/mol. The SMILES string of the molecule is O=C(N[C@@H](Cc1ccccc1)C(=O)O)c1ccnnc1. The zero-order valence-corrected chi connectivity index (χ0v) is 10.6. The number of aliphatic carboxylic acids is 1. The molecular formula is C14H13N3O3. The lowest BCUT2D eigenvalue weighted by atomic mass is 10.1. The van der Waals surface area contributed by atoms with Crippen molar-refractivity contribution in [3.8, 4) is 0 Å². The summed E-state index contributed by atoms with van der Waals surface area (Å²) in [5, 5.41) is 18.8. The lowest BCUT2D eigenvalue weighted by Gasteiger charge is -2.14. The van der Waals surface area contributed by atoms with Gasteiger partial charge in [-0.1, -0.05) is 30.3 Å². The van der Waals surface area contributed by atoms with Crippen LogP contribution in [0.2, 0.25) is 0 Å². The van der Waals surface area contributed by atoms with Crippen molar-refractivity contribution in [3.05, 3.63) is 59.9 Å². The summed E-state index contributed by atoms with van der Waals surface area (Å²) in [6, 6.07) is 9.61. The number of hydrogen-bond acceptors (Lipinski definition) is 4. The molecule has 1 heterocycles. The first kappa shape index (κ1) is 13.7. The molecule has 1 atom stereocenters. The van der Waals surface area contributed by atoms with Gasteiger partial charge in [0.1, 0.15) is 6.04 Å². The second-order valence-electron chi connectivity index (χ2n) is 4.19. The number of benzene rings is 1. The summed E-state index contributed by atoms with van der Waals surface area (Å²) in [4.78, 5) is 23.1. The number of hydrogen-bond donors (Lipinski definition) is 2. The van der Waals surface area contributed by atoms with Gasteiger partial charge < -0.3 is 10.4 Å². The van der Waals surface area contributed by atoms with Gasteiger partial charge in [0, 0.05) is 6.42 Å². The van der Waals surface area contributed by atoms with Crippen molar-refractivity contribution < 1.29 is 14.7 Å². The van der Waals surface area contributed by atoms with E-state index in [4.69, 9.17) is 0 Å². The second kappa shape index (κ2) is 6.42. The molecular weight excluding hydrogens is 258 g/mol. The van der Waals surface area contributed by atoms with Crippen LogP contribution < -0.4 is 5.32 Å². The van der Waals surface area contributed by atoms with E-state index in [9.17, 15) is 14.7 Å². The van der Waals surface area contributed by atoms with Crippen LogP contribution in [0, 0.1) is 0 Å².